The van der Waals surface area contributed by atoms with Crippen LogP contribution in [0.2, 0.25) is 0 Å². The minimum atomic E-state index is -1.74. The highest BCUT2D eigenvalue weighted by molar-refractivity contribution is 5.96. The van der Waals surface area contributed by atoms with Gasteiger partial charge in [0.1, 0.15) is 18.1 Å². The molecule has 0 aliphatic heterocycles. The van der Waals surface area contributed by atoms with Crippen LogP contribution < -0.4 is 27.4 Å². The van der Waals surface area contributed by atoms with Gasteiger partial charge in [-0.05, 0) is 12.3 Å². The predicted octanol–water partition coefficient (Wildman–Crippen LogP) is -3.28. The fourth-order valence-corrected chi connectivity index (χ4v) is 2.55. The number of rotatable bonds is 15. The van der Waals surface area contributed by atoms with Crippen molar-refractivity contribution in [2.24, 2.45) is 17.4 Å². The second kappa shape index (κ2) is 13.6. The topological polar surface area (TPSA) is 268 Å². The summed E-state index contributed by atoms with van der Waals surface area (Å²) in [6, 6.07) is -6.02. The van der Waals surface area contributed by atoms with Crippen molar-refractivity contribution in [3.8, 4) is 0 Å². The van der Waals surface area contributed by atoms with E-state index in [4.69, 9.17) is 26.8 Å². The molecule has 186 valence electrons. The summed E-state index contributed by atoms with van der Waals surface area (Å²) < 4.78 is 0. The van der Waals surface area contributed by atoms with E-state index in [1.54, 1.807) is 0 Å². The van der Waals surface area contributed by atoms with Gasteiger partial charge >= 0.3 is 17.9 Å². The van der Waals surface area contributed by atoms with E-state index in [1.807, 2.05) is 5.32 Å². The summed E-state index contributed by atoms with van der Waals surface area (Å²) in [5, 5.41) is 33.3. The first-order valence-corrected chi connectivity index (χ1v) is 9.77. The zero-order valence-corrected chi connectivity index (χ0v) is 18.1. The highest BCUT2D eigenvalue weighted by Gasteiger charge is 2.33. The number of carbonyl (C=O) groups excluding carboxylic acids is 4. The maximum absolute atomic E-state index is 12.7. The van der Waals surface area contributed by atoms with Crippen LogP contribution in [0.15, 0.2) is 0 Å². The van der Waals surface area contributed by atoms with Crippen molar-refractivity contribution >= 4 is 41.5 Å². The molecule has 0 spiro atoms. The minimum Gasteiger partial charge on any atom is -0.481 e. The van der Waals surface area contributed by atoms with E-state index in [0.29, 0.717) is 0 Å². The predicted molar refractivity (Wildman–Crippen MR) is 109 cm³/mol. The lowest BCUT2D eigenvalue weighted by molar-refractivity contribution is -0.144. The summed E-state index contributed by atoms with van der Waals surface area (Å²) in [6.07, 6.45) is -2.48. The third kappa shape index (κ3) is 11.4. The molecule has 0 bridgehead atoms. The molecular formula is C18H29N5O10. The average molecular weight is 475 g/mol. The number of carbonyl (C=O) groups is 7. The van der Waals surface area contributed by atoms with E-state index in [0.717, 1.165) is 0 Å². The SMILES string of the molecule is CC(C)C(NC(=O)C(N)CC(N)=O)C(=O)NC(CC(=O)O)C(=O)NC(CCC(=O)O)C(=O)O. The highest BCUT2D eigenvalue weighted by atomic mass is 16.4. The summed E-state index contributed by atoms with van der Waals surface area (Å²) in [7, 11) is 0. The number of aliphatic carboxylic acids is 3. The van der Waals surface area contributed by atoms with E-state index in [1.165, 1.54) is 13.8 Å². The van der Waals surface area contributed by atoms with Crippen LogP contribution in [0.5, 0.6) is 0 Å². The summed E-state index contributed by atoms with van der Waals surface area (Å²) >= 11 is 0. The molecule has 15 nitrogen and oxygen atoms in total. The molecule has 0 rings (SSSR count). The molecule has 0 aliphatic rings. The van der Waals surface area contributed by atoms with E-state index in [2.05, 4.69) is 10.6 Å². The van der Waals surface area contributed by atoms with Gasteiger partial charge < -0.3 is 42.7 Å². The average Bonchev–Trinajstić information content (AvgIpc) is 2.66. The van der Waals surface area contributed by atoms with Gasteiger partial charge in [-0.25, -0.2) is 4.79 Å². The third-order valence-corrected chi connectivity index (χ3v) is 4.28. The number of nitrogens with one attached hydrogen (secondary N) is 3. The van der Waals surface area contributed by atoms with Gasteiger partial charge in [0.05, 0.1) is 18.9 Å². The highest BCUT2D eigenvalue weighted by Crippen LogP contribution is 2.06. The number of hydrogen-bond donors (Lipinski definition) is 8. The molecule has 0 aliphatic carbocycles. The Hall–Kier alpha value is -3.75. The van der Waals surface area contributed by atoms with E-state index >= 15 is 0 Å². The Morgan fingerprint density at radius 1 is 0.758 bits per heavy atom. The zero-order chi connectivity index (χ0) is 25.9. The Bertz CT molecular complexity index is 785. The maximum atomic E-state index is 12.7. The molecule has 0 heterocycles. The molecule has 0 aromatic rings. The van der Waals surface area contributed by atoms with Crippen molar-refractivity contribution in [2.75, 3.05) is 0 Å². The lowest BCUT2D eigenvalue weighted by Gasteiger charge is -2.26. The van der Waals surface area contributed by atoms with Crippen LogP contribution in [0.4, 0.5) is 0 Å². The second-order valence-corrected chi connectivity index (χ2v) is 7.50. The maximum Gasteiger partial charge on any atom is 0.326 e. The molecule has 15 heteroatoms. The van der Waals surface area contributed by atoms with Gasteiger partial charge in [0, 0.05) is 6.42 Å². The van der Waals surface area contributed by atoms with Crippen LogP contribution >= 0.6 is 0 Å². The zero-order valence-electron chi connectivity index (χ0n) is 18.1. The molecule has 4 amide bonds. The lowest BCUT2D eigenvalue weighted by atomic mass is 10.0. The molecule has 4 unspecified atom stereocenters. The number of carboxylic acid groups (broad SMARTS) is 3. The fraction of sp³-hybridized carbons (Fsp3) is 0.611. The molecule has 0 saturated heterocycles. The molecule has 0 saturated carbocycles. The number of hydrogen-bond acceptors (Lipinski definition) is 8. The lowest BCUT2D eigenvalue weighted by Crippen LogP contribution is -2.59. The van der Waals surface area contributed by atoms with Crippen LogP contribution in [0.3, 0.4) is 0 Å². The molecule has 33 heavy (non-hydrogen) atoms. The molecule has 0 aromatic heterocycles. The van der Waals surface area contributed by atoms with Crippen LogP contribution in [-0.2, 0) is 33.6 Å². The van der Waals surface area contributed by atoms with Gasteiger partial charge in [-0.2, -0.15) is 0 Å². The first-order valence-electron chi connectivity index (χ1n) is 9.77. The Kier molecular flexibility index (Phi) is 12.1. The van der Waals surface area contributed by atoms with Crippen molar-refractivity contribution in [1.82, 2.24) is 16.0 Å². The molecule has 0 fully saturated rings. The van der Waals surface area contributed by atoms with E-state index < -0.39 is 97.3 Å². The van der Waals surface area contributed by atoms with Gasteiger partial charge in [-0.15, -0.1) is 0 Å². The smallest absolute Gasteiger partial charge is 0.326 e. The Morgan fingerprint density at radius 3 is 1.73 bits per heavy atom. The van der Waals surface area contributed by atoms with Crippen LogP contribution in [-0.4, -0.2) is 81.0 Å². The number of nitrogens with two attached hydrogens (primary N) is 2. The second-order valence-electron chi connectivity index (χ2n) is 7.50. The number of amides is 4. The van der Waals surface area contributed by atoms with Gasteiger partial charge in [0.25, 0.3) is 0 Å². The summed E-state index contributed by atoms with van der Waals surface area (Å²) in [5.41, 5.74) is 10.5. The Balaban J connectivity index is 5.47. The molecular weight excluding hydrogens is 446 g/mol. The van der Waals surface area contributed by atoms with Gasteiger partial charge in [0.2, 0.25) is 23.6 Å². The minimum absolute atomic E-state index is 0.480. The van der Waals surface area contributed by atoms with Gasteiger partial charge in [-0.3, -0.25) is 28.8 Å². The van der Waals surface area contributed by atoms with E-state index in [-0.39, 0.29) is 0 Å². The van der Waals surface area contributed by atoms with Crippen molar-refractivity contribution in [3.05, 3.63) is 0 Å². The monoisotopic (exact) mass is 475 g/mol. The first kappa shape index (κ1) is 29.2. The third-order valence-electron chi connectivity index (χ3n) is 4.28. The summed E-state index contributed by atoms with van der Waals surface area (Å²) in [6.45, 7) is 3.06. The van der Waals surface area contributed by atoms with Crippen molar-refractivity contribution < 1.29 is 48.9 Å². The fourth-order valence-electron chi connectivity index (χ4n) is 2.55. The molecule has 4 atom stereocenters. The quantitative estimate of drug-likeness (QED) is 0.116. The van der Waals surface area contributed by atoms with Crippen LogP contribution in [0.25, 0.3) is 0 Å². The molecule has 0 radical (unpaired) electrons. The number of primary amides is 1. The molecule has 0 aromatic carbocycles. The molecule has 10 N–H and O–H groups in total. The van der Waals surface area contributed by atoms with Crippen LogP contribution in [0.1, 0.15) is 39.5 Å². The standard InChI is InChI=1S/C18H29N5O10/c1-7(2)14(23-15(29)8(19)5-11(20)24)17(31)22-10(6-13(27)28)16(30)21-9(18(32)33)3-4-12(25)26/h7-10,14H,3-6,19H2,1-2H3,(H2,20,24)(H,21,30)(H,22,31)(H,23,29)(H,25,26)(H,27,28)(H,32,33). The van der Waals surface area contributed by atoms with Crippen LogP contribution in [0, 0.1) is 5.92 Å². The van der Waals surface area contributed by atoms with E-state index in [9.17, 15) is 33.6 Å². The van der Waals surface area contributed by atoms with Crippen molar-refractivity contribution in [2.45, 2.75) is 63.7 Å². The summed E-state index contributed by atoms with van der Waals surface area (Å²) in [5.74, 6) is -8.81. The van der Waals surface area contributed by atoms with Crippen molar-refractivity contribution in [3.63, 3.8) is 0 Å². The first-order chi connectivity index (χ1) is 15.1. The summed E-state index contributed by atoms with van der Waals surface area (Å²) in [4.78, 5) is 81.3. The normalized spacial score (nSPS) is 14.3. The van der Waals surface area contributed by atoms with Crippen molar-refractivity contribution in [1.29, 1.82) is 0 Å². The Morgan fingerprint density at radius 2 is 1.30 bits per heavy atom. The van der Waals surface area contributed by atoms with Gasteiger partial charge in [-0.1, -0.05) is 13.8 Å². The Labute approximate surface area is 188 Å². The largest absolute Gasteiger partial charge is 0.481 e. The van der Waals surface area contributed by atoms with Gasteiger partial charge in [0.15, 0.2) is 0 Å². The number of carboxylic acids is 3.